The molecule has 0 N–H and O–H groups in total. The lowest BCUT2D eigenvalue weighted by atomic mass is 10.1. The van der Waals surface area contributed by atoms with E-state index in [1.54, 1.807) is 24.1 Å². The fraction of sp³-hybridized carbons (Fsp3) is 0.533. The summed E-state index contributed by atoms with van der Waals surface area (Å²) >= 11 is 1.93. The van der Waals surface area contributed by atoms with Crippen molar-refractivity contribution in [3.05, 3.63) is 39.9 Å². The van der Waals surface area contributed by atoms with Crippen LogP contribution < -0.4 is 0 Å². The average molecular weight is 308 g/mol. The van der Waals surface area contributed by atoms with Crippen LogP contribution in [-0.2, 0) is 0 Å². The Morgan fingerprint density at radius 1 is 1.43 bits per heavy atom. The number of thioether (sulfide) groups is 1. The Morgan fingerprint density at radius 3 is 2.81 bits per heavy atom. The highest BCUT2D eigenvalue weighted by Gasteiger charge is 2.32. The van der Waals surface area contributed by atoms with Crippen molar-refractivity contribution in [3.8, 4) is 0 Å². The Labute approximate surface area is 128 Å². The zero-order valence-electron chi connectivity index (χ0n) is 12.3. The molecule has 2 atom stereocenters. The van der Waals surface area contributed by atoms with Gasteiger partial charge in [0.2, 0.25) is 0 Å². The first-order valence-corrected chi connectivity index (χ1v) is 8.21. The summed E-state index contributed by atoms with van der Waals surface area (Å²) in [6.45, 7) is 2.14. The van der Waals surface area contributed by atoms with Crippen LogP contribution in [0, 0.1) is 10.1 Å². The molecule has 1 aromatic carbocycles. The van der Waals surface area contributed by atoms with E-state index in [-0.39, 0.29) is 23.2 Å². The molecule has 1 fully saturated rings. The largest absolute Gasteiger partial charge is 0.338 e. The summed E-state index contributed by atoms with van der Waals surface area (Å²) in [6, 6.07) is 6.34. The number of hydrogen-bond acceptors (Lipinski definition) is 4. The molecular weight excluding hydrogens is 288 g/mol. The Kier molecular flexibility index (Phi) is 5.22. The number of nitro benzene ring substituents is 1. The van der Waals surface area contributed by atoms with E-state index in [2.05, 4.69) is 6.92 Å². The van der Waals surface area contributed by atoms with Crippen LogP contribution in [-0.4, -0.2) is 39.8 Å². The molecule has 2 unspecified atom stereocenters. The molecule has 0 heterocycles. The lowest BCUT2D eigenvalue weighted by molar-refractivity contribution is -0.385. The van der Waals surface area contributed by atoms with Crippen molar-refractivity contribution in [1.82, 2.24) is 4.90 Å². The molecule has 1 aliphatic carbocycles. The minimum Gasteiger partial charge on any atom is -0.338 e. The van der Waals surface area contributed by atoms with Gasteiger partial charge in [0.05, 0.1) is 4.92 Å². The van der Waals surface area contributed by atoms with E-state index in [0.717, 1.165) is 25.0 Å². The number of nitrogens with zero attached hydrogens (tertiary/aromatic N) is 2. The Bertz CT molecular complexity index is 535. The maximum atomic E-state index is 12.5. The van der Waals surface area contributed by atoms with E-state index in [4.69, 9.17) is 0 Å². The zero-order chi connectivity index (χ0) is 15.4. The molecule has 0 bridgehead atoms. The van der Waals surface area contributed by atoms with Crippen molar-refractivity contribution < 1.29 is 9.72 Å². The molecule has 0 radical (unpaired) electrons. The van der Waals surface area contributed by atoms with Gasteiger partial charge in [-0.3, -0.25) is 14.9 Å². The molecule has 21 heavy (non-hydrogen) atoms. The minimum atomic E-state index is -0.495. The highest BCUT2D eigenvalue weighted by Crippen LogP contribution is 2.33. The molecular formula is C15H20N2O3S. The van der Waals surface area contributed by atoms with Crippen LogP contribution in [0.5, 0.6) is 0 Å². The van der Waals surface area contributed by atoms with Gasteiger partial charge in [0.15, 0.2) is 0 Å². The van der Waals surface area contributed by atoms with Gasteiger partial charge in [-0.05, 0) is 31.1 Å². The second-order valence-corrected chi connectivity index (χ2v) is 6.81. The summed E-state index contributed by atoms with van der Waals surface area (Å²) in [5.74, 6) is 0.827. The van der Waals surface area contributed by atoms with Crippen LogP contribution in [0.25, 0.3) is 0 Å². The van der Waals surface area contributed by atoms with Crippen molar-refractivity contribution in [2.24, 2.45) is 0 Å². The number of benzene rings is 1. The lowest BCUT2D eigenvalue weighted by Gasteiger charge is -2.24. The van der Waals surface area contributed by atoms with Gasteiger partial charge in [-0.2, -0.15) is 11.8 Å². The number of para-hydroxylation sites is 1. The van der Waals surface area contributed by atoms with Crippen LogP contribution in [0.2, 0.25) is 0 Å². The second-order valence-electron chi connectivity index (χ2n) is 5.23. The SMILES string of the molecule is CCSC1CCC(N(C)C(=O)c2ccccc2[N+](=O)[O-])C1. The highest BCUT2D eigenvalue weighted by atomic mass is 32.2. The second kappa shape index (κ2) is 6.93. The van der Waals surface area contributed by atoms with Crippen molar-refractivity contribution in [1.29, 1.82) is 0 Å². The number of rotatable bonds is 5. The first kappa shape index (κ1) is 15.8. The normalized spacial score (nSPS) is 21.2. The Balaban J connectivity index is 2.12. The van der Waals surface area contributed by atoms with Gasteiger partial charge in [0.25, 0.3) is 11.6 Å². The van der Waals surface area contributed by atoms with Gasteiger partial charge < -0.3 is 4.90 Å². The van der Waals surface area contributed by atoms with Crippen LogP contribution >= 0.6 is 11.8 Å². The molecule has 1 aliphatic rings. The summed E-state index contributed by atoms with van der Waals surface area (Å²) in [5, 5.41) is 11.6. The monoisotopic (exact) mass is 308 g/mol. The van der Waals surface area contributed by atoms with E-state index in [9.17, 15) is 14.9 Å². The summed E-state index contributed by atoms with van der Waals surface area (Å²) in [6.07, 6.45) is 3.06. The quantitative estimate of drug-likeness (QED) is 0.618. The molecule has 1 aromatic rings. The molecule has 6 heteroatoms. The number of nitro groups is 1. The van der Waals surface area contributed by atoms with Crippen molar-refractivity contribution in [2.45, 2.75) is 37.5 Å². The smallest absolute Gasteiger partial charge is 0.282 e. The van der Waals surface area contributed by atoms with E-state index < -0.39 is 4.92 Å². The third kappa shape index (κ3) is 3.56. The molecule has 0 aromatic heterocycles. The lowest BCUT2D eigenvalue weighted by Crippen LogP contribution is -2.36. The van der Waals surface area contributed by atoms with E-state index in [1.165, 1.54) is 12.1 Å². The molecule has 2 rings (SSSR count). The summed E-state index contributed by atoms with van der Waals surface area (Å²) in [7, 11) is 1.75. The molecule has 0 spiro atoms. The molecule has 5 nitrogen and oxygen atoms in total. The van der Waals surface area contributed by atoms with Gasteiger partial charge in [-0.1, -0.05) is 19.1 Å². The van der Waals surface area contributed by atoms with E-state index in [0.29, 0.717) is 5.25 Å². The van der Waals surface area contributed by atoms with Crippen LogP contribution in [0.1, 0.15) is 36.5 Å². The third-order valence-electron chi connectivity index (χ3n) is 3.96. The average Bonchev–Trinajstić information content (AvgIpc) is 2.94. The van der Waals surface area contributed by atoms with Crippen LogP contribution in [0.15, 0.2) is 24.3 Å². The minimum absolute atomic E-state index is 0.119. The third-order valence-corrected chi connectivity index (χ3v) is 5.19. The fourth-order valence-corrected chi connectivity index (χ4v) is 3.96. The fourth-order valence-electron chi connectivity index (χ4n) is 2.83. The van der Waals surface area contributed by atoms with Gasteiger partial charge in [-0.15, -0.1) is 0 Å². The van der Waals surface area contributed by atoms with Crippen molar-refractivity contribution in [3.63, 3.8) is 0 Å². The molecule has 1 saturated carbocycles. The predicted molar refractivity (Wildman–Crippen MR) is 84.7 cm³/mol. The Morgan fingerprint density at radius 2 is 2.14 bits per heavy atom. The zero-order valence-corrected chi connectivity index (χ0v) is 13.1. The van der Waals surface area contributed by atoms with Crippen molar-refractivity contribution in [2.75, 3.05) is 12.8 Å². The van der Waals surface area contributed by atoms with Crippen LogP contribution in [0.3, 0.4) is 0 Å². The van der Waals surface area contributed by atoms with E-state index in [1.807, 2.05) is 11.8 Å². The molecule has 0 saturated heterocycles. The maximum absolute atomic E-state index is 12.5. The molecule has 1 amide bonds. The number of amides is 1. The first-order valence-electron chi connectivity index (χ1n) is 7.16. The van der Waals surface area contributed by atoms with Crippen molar-refractivity contribution >= 4 is 23.4 Å². The maximum Gasteiger partial charge on any atom is 0.282 e. The number of hydrogen-bond donors (Lipinski definition) is 0. The number of carbonyl (C=O) groups is 1. The van der Waals surface area contributed by atoms with Crippen LogP contribution in [0.4, 0.5) is 5.69 Å². The van der Waals surface area contributed by atoms with Gasteiger partial charge in [0, 0.05) is 24.4 Å². The van der Waals surface area contributed by atoms with Gasteiger partial charge in [-0.25, -0.2) is 0 Å². The molecule has 0 aliphatic heterocycles. The Hall–Kier alpha value is -1.56. The van der Waals surface area contributed by atoms with Gasteiger partial charge >= 0.3 is 0 Å². The number of carbonyl (C=O) groups excluding carboxylic acids is 1. The molecule has 114 valence electrons. The highest BCUT2D eigenvalue weighted by molar-refractivity contribution is 7.99. The summed E-state index contributed by atoms with van der Waals surface area (Å²) in [4.78, 5) is 24.8. The first-order chi connectivity index (χ1) is 10.0. The van der Waals surface area contributed by atoms with Gasteiger partial charge in [0.1, 0.15) is 5.56 Å². The standard InChI is InChI=1S/C15H20N2O3S/c1-3-21-12-9-8-11(10-12)16(2)15(18)13-6-4-5-7-14(13)17(19)20/h4-7,11-12H,3,8-10H2,1-2H3. The summed E-state index contributed by atoms with van der Waals surface area (Å²) < 4.78 is 0. The topological polar surface area (TPSA) is 63.5 Å². The van der Waals surface area contributed by atoms with E-state index >= 15 is 0 Å². The summed E-state index contributed by atoms with van der Waals surface area (Å²) in [5.41, 5.74) is 0.0587. The predicted octanol–water partition coefficient (Wildman–Crippen LogP) is 3.34.